The standard InChI is InChI=1S/C22H26ClN3O2/c1-15-4-3-5-20(14-15)24-21(27)16(2)17-10-12-26(13-11-17)22(28)25-19-8-6-18(23)7-9-19/h3-9,14,16-17H,10-13H2,1-2H3,(H,24,27)(H,25,28)/t16-/m0/s1. The second kappa shape index (κ2) is 9.11. The molecule has 2 aromatic carbocycles. The van der Waals surface area contributed by atoms with Gasteiger partial charge in [0, 0.05) is 35.4 Å². The Morgan fingerprint density at radius 3 is 2.36 bits per heavy atom. The maximum atomic E-state index is 12.6. The van der Waals surface area contributed by atoms with Gasteiger partial charge in [-0.3, -0.25) is 4.79 Å². The molecule has 6 heteroatoms. The van der Waals surface area contributed by atoms with Crippen molar-refractivity contribution in [1.82, 2.24) is 4.90 Å². The second-order valence-corrected chi connectivity index (χ2v) is 7.85. The zero-order chi connectivity index (χ0) is 20.1. The van der Waals surface area contributed by atoms with Gasteiger partial charge in [-0.2, -0.15) is 0 Å². The molecule has 0 saturated carbocycles. The molecule has 1 saturated heterocycles. The monoisotopic (exact) mass is 399 g/mol. The Labute approximate surface area is 171 Å². The minimum atomic E-state index is -0.113. The molecule has 1 aliphatic rings. The Kier molecular flexibility index (Phi) is 6.57. The second-order valence-electron chi connectivity index (χ2n) is 7.41. The van der Waals surface area contributed by atoms with E-state index in [1.54, 1.807) is 29.2 Å². The van der Waals surface area contributed by atoms with Crippen molar-refractivity contribution in [2.75, 3.05) is 23.7 Å². The number of rotatable bonds is 4. The highest BCUT2D eigenvalue weighted by molar-refractivity contribution is 6.30. The van der Waals surface area contributed by atoms with Crippen LogP contribution in [0.15, 0.2) is 48.5 Å². The lowest BCUT2D eigenvalue weighted by atomic mass is 9.85. The number of urea groups is 1. The maximum absolute atomic E-state index is 12.6. The summed E-state index contributed by atoms with van der Waals surface area (Å²) in [5.74, 6) is 0.209. The summed E-state index contributed by atoms with van der Waals surface area (Å²) in [5.41, 5.74) is 2.67. The molecule has 2 N–H and O–H groups in total. The molecule has 1 atom stereocenters. The zero-order valence-corrected chi connectivity index (χ0v) is 17.0. The number of likely N-dealkylation sites (tertiary alicyclic amines) is 1. The van der Waals surface area contributed by atoms with Crippen molar-refractivity contribution in [2.45, 2.75) is 26.7 Å². The molecule has 2 aromatic rings. The molecule has 0 aromatic heterocycles. The van der Waals surface area contributed by atoms with Gasteiger partial charge in [-0.1, -0.05) is 30.7 Å². The van der Waals surface area contributed by atoms with Gasteiger partial charge < -0.3 is 15.5 Å². The number of nitrogens with one attached hydrogen (secondary N) is 2. The molecular weight excluding hydrogens is 374 g/mol. The number of hydrogen-bond donors (Lipinski definition) is 2. The summed E-state index contributed by atoms with van der Waals surface area (Å²) in [6.07, 6.45) is 1.63. The first-order valence-electron chi connectivity index (χ1n) is 9.61. The summed E-state index contributed by atoms with van der Waals surface area (Å²) < 4.78 is 0. The van der Waals surface area contributed by atoms with Crippen LogP contribution >= 0.6 is 11.6 Å². The fourth-order valence-electron chi connectivity index (χ4n) is 3.53. The van der Waals surface area contributed by atoms with Crippen molar-refractivity contribution in [3.8, 4) is 0 Å². The van der Waals surface area contributed by atoms with Crippen LogP contribution in [0, 0.1) is 18.8 Å². The first-order chi connectivity index (χ1) is 13.4. The van der Waals surface area contributed by atoms with E-state index in [-0.39, 0.29) is 23.8 Å². The van der Waals surface area contributed by atoms with Crippen molar-refractivity contribution >= 4 is 34.9 Å². The Morgan fingerprint density at radius 1 is 1.04 bits per heavy atom. The number of nitrogens with zero attached hydrogens (tertiary/aromatic N) is 1. The number of amides is 3. The van der Waals surface area contributed by atoms with E-state index in [2.05, 4.69) is 10.6 Å². The molecule has 28 heavy (non-hydrogen) atoms. The first kappa shape index (κ1) is 20.2. The predicted octanol–water partition coefficient (Wildman–Crippen LogP) is 5.17. The number of carbonyl (C=O) groups excluding carboxylic acids is 2. The Hall–Kier alpha value is -2.53. The van der Waals surface area contributed by atoms with E-state index < -0.39 is 0 Å². The van der Waals surface area contributed by atoms with E-state index in [1.807, 2.05) is 38.1 Å². The van der Waals surface area contributed by atoms with Crippen LogP contribution in [0.3, 0.4) is 0 Å². The van der Waals surface area contributed by atoms with Crippen LogP contribution in [0.1, 0.15) is 25.3 Å². The van der Waals surface area contributed by atoms with Crippen molar-refractivity contribution in [1.29, 1.82) is 0 Å². The SMILES string of the molecule is Cc1cccc(NC(=O)[C@@H](C)C2CCN(C(=O)Nc3ccc(Cl)cc3)CC2)c1. The summed E-state index contributed by atoms with van der Waals surface area (Å²) in [6, 6.07) is 14.8. The molecule has 3 rings (SSSR count). The Bertz CT molecular complexity index is 830. The van der Waals surface area contributed by atoms with E-state index in [0.29, 0.717) is 18.1 Å². The summed E-state index contributed by atoms with van der Waals surface area (Å²) >= 11 is 5.87. The summed E-state index contributed by atoms with van der Waals surface area (Å²) in [7, 11) is 0. The number of anilines is 2. The van der Waals surface area contributed by atoms with Crippen molar-refractivity contribution in [3.05, 3.63) is 59.1 Å². The molecule has 0 bridgehead atoms. The molecular formula is C22H26ClN3O2. The van der Waals surface area contributed by atoms with Gasteiger partial charge in [0.05, 0.1) is 0 Å². The first-order valence-corrected chi connectivity index (χ1v) is 9.99. The fourth-order valence-corrected chi connectivity index (χ4v) is 3.66. The molecule has 0 radical (unpaired) electrons. The van der Waals surface area contributed by atoms with Crippen LogP contribution in [0.5, 0.6) is 0 Å². The van der Waals surface area contributed by atoms with Gasteiger partial charge in [-0.25, -0.2) is 4.79 Å². The highest BCUT2D eigenvalue weighted by Gasteiger charge is 2.30. The zero-order valence-electron chi connectivity index (χ0n) is 16.2. The average Bonchev–Trinajstić information content (AvgIpc) is 2.69. The summed E-state index contributed by atoms with van der Waals surface area (Å²) in [6.45, 7) is 5.27. The van der Waals surface area contributed by atoms with Crippen LogP contribution in [0.4, 0.5) is 16.2 Å². The van der Waals surface area contributed by atoms with E-state index in [9.17, 15) is 9.59 Å². The quantitative estimate of drug-likeness (QED) is 0.745. The van der Waals surface area contributed by atoms with Gasteiger partial charge in [0.1, 0.15) is 0 Å². The van der Waals surface area contributed by atoms with E-state index in [0.717, 1.165) is 29.8 Å². The highest BCUT2D eigenvalue weighted by atomic mass is 35.5. The third kappa shape index (κ3) is 5.26. The maximum Gasteiger partial charge on any atom is 0.321 e. The van der Waals surface area contributed by atoms with Crippen LogP contribution < -0.4 is 10.6 Å². The molecule has 148 valence electrons. The molecule has 0 aliphatic carbocycles. The number of hydrogen-bond acceptors (Lipinski definition) is 2. The molecule has 5 nitrogen and oxygen atoms in total. The van der Waals surface area contributed by atoms with E-state index in [4.69, 9.17) is 11.6 Å². The number of benzene rings is 2. The Balaban J connectivity index is 1.49. The minimum Gasteiger partial charge on any atom is -0.326 e. The van der Waals surface area contributed by atoms with E-state index >= 15 is 0 Å². The average molecular weight is 400 g/mol. The van der Waals surface area contributed by atoms with Crippen molar-refractivity contribution < 1.29 is 9.59 Å². The molecule has 1 fully saturated rings. The lowest BCUT2D eigenvalue weighted by molar-refractivity contribution is -0.121. The highest BCUT2D eigenvalue weighted by Crippen LogP contribution is 2.27. The fraction of sp³-hybridized carbons (Fsp3) is 0.364. The number of piperidine rings is 1. The molecule has 0 unspecified atom stereocenters. The summed E-state index contributed by atoms with van der Waals surface area (Å²) in [4.78, 5) is 26.8. The van der Waals surface area contributed by atoms with Gasteiger partial charge >= 0.3 is 6.03 Å². The van der Waals surface area contributed by atoms with Gasteiger partial charge in [0.25, 0.3) is 0 Å². The number of halogens is 1. The normalized spacial score (nSPS) is 15.8. The van der Waals surface area contributed by atoms with Crippen molar-refractivity contribution in [2.24, 2.45) is 11.8 Å². The van der Waals surface area contributed by atoms with E-state index in [1.165, 1.54) is 0 Å². The van der Waals surface area contributed by atoms with Crippen molar-refractivity contribution in [3.63, 3.8) is 0 Å². The lowest BCUT2D eigenvalue weighted by Gasteiger charge is -2.34. The smallest absolute Gasteiger partial charge is 0.321 e. The molecule has 0 spiro atoms. The Morgan fingerprint density at radius 2 is 1.71 bits per heavy atom. The lowest BCUT2D eigenvalue weighted by Crippen LogP contribution is -2.43. The third-order valence-electron chi connectivity index (χ3n) is 5.33. The molecule has 3 amide bonds. The summed E-state index contributed by atoms with van der Waals surface area (Å²) in [5, 5.41) is 6.54. The van der Waals surface area contributed by atoms with Gasteiger partial charge in [0.2, 0.25) is 5.91 Å². The molecule has 1 aliphatic heterocycles. The molecule has 1 heterocycles. The predicted molar refractivity (Wildman–Crippen MR) is 114 cm³/mol. The minimum absolute atomic E-state index is 0.0367. The van der Waals surface area contributed by atoms with Gasteiger partial charge in [0.15, 0.2) is 0 Å². The van der Waals surface area contributed by atoms with Crippen LogP contribution in [0.25, 0.3) is 0 Å². The van der Waals surface area contributed by atoms with Crippen LogP contribution in [-0.4, -0.2) is 29.9 Å². The largest absolute Gasteiger partial charge is 0.326 e. The van der Waals surface area contributed by atoms with Crippen LogP contribution in [-0.2, 0) is 4.79 Å². The third-order valence-corrected chi connectivity index (χ3v) is 5.58. The van der Waals surface area contributed by atoms with Gasteiger partial charge in [-0.15, -0.1) is 0 Å². The topological polar surface area (TPSA) is 61.4 Å². The number of carbonyl (C=O) groups is 2. The van der Waals surface area contributed by atoms with Gasteiger partial charge in [-0.05, 0) is 67.6 Å². The number of aryl methyl sites for hydroxylation is 1. The van der Waals surface area contributed by atoms with Crippen LogP contribution in [0.2, 0.25) is 5.02 Å².